The van der Waals surface area contributed by atoms with Crippen LogP contribution >= 0.6 is 0 Å². The molecule has 1 saturated heterocycles. The number of esters is 1. The molecule has 2 fully saturated rings. The number of halogens is 4. The van der Waals surface area contributed by atoms with Gasteiger partial charge in [-0.25, -0.2) is 4.39 Å². The minimum absolute atomic E-state index is 0.0348. The fourth-order valence-electron chi connectivity index (χ4n) is 4.76. The Morgan fingerprint density at radius 2 is 1.74 bits per heavy atom. The predicted octanol–water partition coefficient (Wildman–Crippen LogP) is 4.67. The maximum absolute atomic E-state index is 14.5. The van der Waals surface area contributed by atoms with Gasteiger partial charge in [0, 0.05) is 18.7 Å². The number of nitrogens with zero attached hydrogens (tertiary/aromatic N) is 1. The van der Waals surface area contributed by atoms with Crippen molar-refractivity contribution in [3.8, 4) is 0 Å². The number of nitrogens with one attached hydrogen (secondary N) is 1. The first-order chi connectivity index (χ1) is 16.7. The number of carbonyl (C=O) groups is 2. The zero-order chi connectivity index (χ0) is 25.1. The summed E-state index contributed by atoms with van der Waals surface area (Å²) in [5.74, 6) is -2.02. The van der Waals surface area contributed by atoms with Crippen LogP contribution in [-0.4, -0.2) is 44.8 Å². The molecule has 4 rings (SSSR count). The van der Waals surface area contributed by atoms with E-state index in [4.69, 9.17) is 9.47 Å². The number of ether oxygens (including phenoxy) is 2. The molecule has 2 aliphatic rings. The number of alkyl halides is 3. The SMILES string of the molecule is O=C(COC(=O)C1(c2ccccc2F)CCCC1)Nc1cc(C(F)(F)F)ccc1N1CCOCC1. The molecule has 1 amide bonds. The van der Waals surface area contributed by atoms with E-state index in [-0.39, 0.29) is 11.3 Å². The topological polar surface area (TPSA) is 67.9 Å². The highest BCUT2D eigenvalue weighted by Gasteiger charge is 2.46. The van der Waals surface area contributed by atoms with Gasteiger partial charge >= 0.3 is 12.1 Å². The van der Waals surface area contributed by atoms with Gasteiger partial charge in [0.2, 0.25) is 0 Å². The summed E-state index contributed by atoms with van der Waals surface area (Å²) in [6.07, 6.45) is -2.39. The van der Waals surface area contributed by atoms with Gasteiger partial charge in [-0.2, -0.15) is 13.2 Å². The quantitative estimate of drug-likeness (QED) is 0.467. The second-order valence-electron chi connectivity index (χ2n) is 8.72. The van der Waals surface area contributed by atoms with E-state index in [2.05, 4.69) is 5.32 Å². The van der Waals surface area contributed by atoms with E-state index in [0.29, 0.717) is 57.7 Å². The van der Waals surface area contributed by atoms with E-state index in [9.17, 15) is 27.2 Å². The molecule has 0 bridgehead atoms. The lowest BCUT2D eigenvalue weighted by atomic mass is 9.78. The van der Waals surface area contributed by atoms with E-state index in [0.717, 1.165) is 12.1 Å². The van der Waals surface area contributed by atoms with Crippen LogP contribution in [0.25, 0.3) is 0 Å². The summed E-state index contributed by atoms with van der Waals surface area (Å²) >= 11 is 0. The molecular formula is C25H26F4N2O4. The summed E-state index contributed by atoms with van der Waals surface area (Å²) in [6.45, 7) is 1.02. The molecule has 0 spiro atoms. The van der Waals surface area contributed by atoms with Crippen molar-refractivity contribution in [2.45, 2.75) is 37.3 Å². The second kappa shape index (κ2) is 10.2. The molecule has 35 heavy (non-hydrogen) atoms. The van der Waals surface area contributed by atoms with E-state index in [1.807, 2.05) is 4.90 Å². The molecule has 0 aromatic heterocycles. The molecular weight excluding hydrogens is 468 g/mol. The van der Waals surface area contributed by atoms with Crippen molar-refractivity contribution in [3.63, 3.8) is 0 Å². The standard InChI is InChI=1S/C25H26F4N2O4/c26-19-6-2-1-5-18(19)24(9-3-4-10-24)23(33)35-16-22(32)30-20-15-17(25(27,28)29)7-8-21(20)31-11-13-34-14-12-31/h1-2,5-8,15H,3-4,9-14,16H2,(H,30,32). The van der Waals surface area contributed by atoms with Crippen molar-refractivity contribution in [2.75, 3.05) is 43.1 Å². The summed E-state index contributed by atoms with van der Waals surface area (Å²) in [4.78, 5) is 27.5. The number of benzene rings is 2. The first kappa shape index (κ1) is 25.0. The number of morpholine rings is 1. The lowest BCUT2D eigenvalue weighted by Gasteiger charge is -2.31. The Morgan fingerprint density at radius 3 is 2.40 bits per heavy atom. The lowest BCUT2D eigenvalue weighted by Crippen LogP contribution is -2.38. The minimum Gasteiger partial charge on any atom is -0.455 e. The van der Waals surface area contributed by atoms with Crippen molar-refractivity contribution in [2.24, 2.45) is 0 Å². The van der Waals surface area contributed by atoms with Crippen LogP contribution in [0.5, 0.6) is 0 Å². The average molecular weight is 494 g/mol. The maximum atomic E-state index is 14.5. The molecule has 6 nitrogen and oxygen atoms in total. The van der Waals surface area contributed by atoms with Crippen LogP contribution in [0.15, 0.2) is 42.5 Å². The van der Waals surface area contributed by atoms with E-state index >= 15 is 0 Å². The molecule has 188 valence electrons. The van der Waals surface area contributed by atoms with Crippen molar-refractivity contribution < 1.29 is 36.6 Å². The number of hydrogen-bond donors (Lipinski definition) is 1. The number of hydrogen-bond acceptors (Lipinski definition) is 5. The van der Waals surface area contributed by atoms with Gasteiger partial charge in [-0.05, 0) is 37.1 Å². The summed E-state index contributed by atoms with van der Waals surface area (Å²) in [7, 11) is 0. The van der Waals surface area contributed by atoms with Gasteiger partial charge < -0.3 is 19.7 Å². The third kappa shape index (κ3) is 5.42. The van der Waals surface area contributed by atoms with Gasteiger partial charge in [-0.3, -0.25) is 9.59 Å². The van der Waals surface area contributed by atoms with Crippen LogP contribution in [0.2, 0.25) is 0 Å². The Hall–Kier alpha value is -3.14. The van der Waals surface area contributed by atoms with Crippen molar-refractivity contribution in [1.82, 2.24) is 0 Å². The molecule has 1 aliphatic heterocycles. The molecule has 0 unspecified atom stereocenters. The van der Waals surface area contributed by atoms with Gasteiger partial charge in [0.1, 0.15) is 5.82 Å². The Labute approximate surface area is 200 Å². The fourth-order valence-corrected chi connectivity index (χ4v) is 4.76. The molecule has 10 heteroatoms. The molecule has 0 radical (unpaired) electrons. The molecule has 0 atom stereocenters. The molecule has 1 saturated carbocycles. The summed E-state index contributed by atoms with van der Waals surface area (Å²) in [6, 6.07) is 9.11. The Bertz CT molecular complexity index is 1080. The monoisotopic (exact) mass is 494 g/mol. The highest BCUT2D eigenvalue weighted by atomic mass is 19.4. The average Bonchev–Trinajstić information content (AvgIpc) is 3.34. The van der Waals surface area contributed by atoms with Gasteiger partial charge in [0.05, 0.1) is 35.6 Å². The predicted molar refractivity (Wildman–Crippen MR) is 121 cm³/mol. The van der Waals surface area contributed by atoms with Crippen molar-refractivity contribution in [3.05, 3.63) is 59.4 Å². The van der Waals surface area contributed by atoms with E-state index in [1.165, 1.54) is 18.2 Å². The van der Waals surface area contributed by atoms with Gasteiger partial charge in [-0.1, -0.05) is 31.0 Å². The van der Waals surface area contributed by atoms with E-state index < -0.39 is 41.5 Å². The normalized spacial score (nSPS) is 17.8. The van der Waals surface area contributed by atoms with Crippen molar-refractivity contribution >= 4 is 23.3 Å². The zero-order valence-electron chi connectivity index (χ0n) is 19.0. The number of carbonyl (C=O) groups excluding carboxylic acids is 2. The number of rotatable bonds is 6. The van der Waals surface area contributed by atoms with E-state index in [1.54, 1.807) is 12.1 Å². The smallest absolute Gasteiger partial charge is 0.416 e. The third-order valence-corrected chi connectivity index (χ3v) is 6.52. The number of anilines is 2. The first-order valence-corrected chi connectivity index (χ1v) is 11.5. The lowest BCUT2D eigenvalue weighted by molar-refractivity contribution is -0.153. The molecule has 2 aromatic rings. The molecule has 2 aromatic carbocycles. The van der Waals surface area contributed by atoms with Crippen LogP contribution < -0.4 is 10.2 Å². The minimum atomic E-state index is -4.59. The highest BCUT2D eigenvalue weighted by Crippen LogP contribution is 2.43. The van der Waals surface area contributed by atoms with Crippen LogP contribution in [-0.2, 0) is 30.7 Å². The van der Waals surface area contributed by atoms with Crippen LogP contribution in [0, 0.1) is 5.82 Å². The number of amides is 1. The van der Waals surface area contributed by atoms with Gasteiger partial charge in [0.15, 0.2) is 6.61 Å². The Morgan fingerprint density at radius 1 is 1.06 bits per heavy atom. The second-order valence-corrected chi connectivity index (χ2v) is 8.72. The van der Waals surface area contributed by atoms with Gasteiger partial charge in [0.25, 0.3) is 5.91 Å². The summed E-state index contributed by atoms with van der Waals surface area (Å²) in [5, 5.41) is 2.46. The first-order valence-electron chi connectivity index (χ1n) is 11.5. The van der Waals surface area contributed by atoms with Crippen LogP contribution in [0.1, 0.15) is 36.8 Å². The zero-order valence-corrected chi connectivity index (χ0v) is 19.0. The summed E-state index contributed by atoms with van der Waals surface area (Å²) in [5.41, 5.74) is -1.48. The molecule has 1 aliphatic carbocycles. The Balaban J connectivity index is 1.50. The van der Waals surface area contributed by atoms with Crippen LogP contribution in [0.3, 0.4) is 0 Å². The van der Waals surface area contributed by atoms with Gasteiger partial charge in [-0.15, -0.1) is 0 Å². The van der Waals surface area contributed by atoms with Crippen LogP contribution in [0.4, 0.5) is 28.9 Å². The largest absolute Gasteiger partial charge is 0.455 e. The molecule has 1 N–H and O–H groups in total. The highest BCUT2D eigenvalue weighted by molar-refractivity contribution is 5.97. The molecule has 1 heterocycles. The summed E-state index contributed by atoms with van der Waals surface area (Å²) < 4.78 is 65.0. The Kier molecular flexibility index (Phi) is 7.30. The fraction of sp³-hybridized carbons (Fsp3) is 0.440. The van der Waals surface area contributed by atoms with Crippen molar-refractivity contribution in [1.29, 1.82) is 0 Å². The third-order valence-electron chi connectivity index (χ3n) is 6.52. The maximum Gasteiger partial charge on any atom is 0.416 e.